The lowest BCUT2D eigenvalue weighted by atomic mass is 10.2. The molecule has 24 heavy (non-hydrogen) atoms. The van der Waals surface area contributed by atoms with Crippen molar-refractivity contribution < 1.29 is 13.2 Å². The van der Waals surface area contributed by atoms with Gasteiger partial charge in [-0.2, -0.15) is 13.2 Å². The summed E-state index contributed by atoms with van der Waals surface area (Å²) in [6, 6.07) is 18.2. The maximum Gasteiger partial charge on any atom is 0.406 e. The Morgan fingerprint density at radius 3 is 2.42 bits per heavy atom. The molecule has 0 atom stereocenters. The van der Waals surface area contributed by atoms with Crippen molar-refractivity contribution in [1.82, 2.24) is 4.57 Å². The number of nitrogens with zero attached hydrogens (tertiary/aromatic N) is 1. The van der Waals surface area contributed by atoms with Crippen molar-refractivity contribution in [2.45, 2.75) is 12.7 Å². The highest BCUT2D eigenvalue weighted by molar-refractivity contribution is 5.82. The molecular formula is C19H15F3N2. The molecule has 5 heteroatoms. The van der Waals surface area contributed by atoms with Crippen molar-refractivity contribution in [1.29, 1.82) is 0 Å². The summed E-state index contributed by atoms with van der Waals surface area (Å²) < 4.78 is 39.8. The average Bonchev–Trinajstić information content (AvgIpc) is 2.89. The number of hydrogen-bond donors (Lipinski definition) is 1. The summed E-state index contributed by atoms with van der Waals surface area (Å²) in [4.78, 5) is 0. The van der Waals surface area contributed by atoms with Gasteiger partial charge in [-0.25, -0.2) is 0 Å². The van der Waals surface area contributed by atoms with E-state index in [1.54, 1.807) is 30.3 Å². The summed E-state index contributed by atoms with van der Waals surface area (Å²) >= 11 is 0. The molecular weight excluding hydrogens is 313 g/mol. The number of aromatic nitrogens is 1. The summed E-state index contributed by atoms with van der Waals surface area (Å²) in [6.07, 6.45) is -4.29. The molecule has 0 saturated carbocycles. The average molecular weight is 328 g/mol. The smallest absolute Gasteiger partial charge is 0.374 e. The normalized spacial score (nSPS) is 11.1. The molecule has 3 rings (SSSR count). The number of benzene rings is 2. The molecule has 0 radical (unpaired) electrons. The van der Waals surface area contributed by atoms with E-state index in [1.807, 2.05) is 30.3 Å². The van der Waals surface area contributed by atoms with Gasteiger partial charge in [0.25, 0.3) is 0 Å². The predicted octanol–water partition coefficient (Wildman–Crippen LogP) is 4.67. The van der Waals surface area contributed by atoms with Crippen LogP contribution >= 0.6 is 0 Å². The molecule has 0 aliphatic heterocycles. The Kier molecular flexibility index (Phi) is 4.48. The molecule has 1 heterocycles. The summed E-state index contributed by atoms with van der Waals surface area (Å²) in [5, 5.41) is 3.86. The summed E-state index contributed by atoms with van der Waals surface area (Å²) in [5.74, 6) is 5.73. The van der Waals surface area contributed by atoms with E-state index in [9.17, 15) is 13.2 Å². The van der Waals surface area contributed by atoms with Gasteiger partial charge in [0.1, 0.15) is 6.54 Å². The van der Waals surface area contributed by atoms with Gasteiger partial charge in [-0.1, -0.05) is 42.3 Å². The standard InChI is InChI=1S/C19H15F3N2/c20-19(21,22)14-24-17(13-15-7-4-5-11-18(15)24)10-6-12-23-16-8-2-1-3-9-16/h1-5,7-9,11,13,23H,12,14H2. The van der Waals surface area contributed by atoms with E-state index < -0.39 is 12.7 Å². The topological polar surface area (TPSA) is 17.0 Å². The molecule has 2 aromatic carbocycles. The maximum atomic E-state index is 12.9. The molecule has 0 unspecified atom stereocenters. The van der Waals surface area contributed by atoms with Gasteiger partial charge in [0.2, 0.25) is 0 Å². The molecule has 3 aromatic rings. The Morgan fingerprint density at radius 2 is 1.67 bits per heavy atom. The van der Waals surface area contributed by atoms with Gasteiger partial charge in [0, 0.05) is 16.6 Å². The zero-order chi connectivity index (χ0) is 17.0. The Hall–Kier alpha value is -2.87. The fourth-order valence-electron chi connectivity index (χ4n) is 2.50. The van der Waals surface area contributed by atoms with Crippen LogP contribution in [0, 0.1) is 11.8 Å². The summed E-state index contributed by atoms with van der Waals surface area (Å²) in [7, 11) is 0. The highest BCUT2D eigenvalue weighted by Crippen LogP contribution is 2.25. The highest BCUT2D eigenvalue weighted by Gasteiger charge is 2.29. The van der Waals surface area contributed by atoms with E-state index in [0.29, 0.717) is 17.8 Å². The summed E-state index contributed by atoms with van der Waals surface area (Å²) in [6.45, 7) is -0.686. The number of para-hydroxylation sites is 2. The van der Waals surface area contributed by atoms with Crippen LogP contribution in [-0.2, 0) is 6.54 Å². The van der Waals surface area contributed by atoms with Crippen LogP contribution in [0.5, 0.6) is 0 Å². The first kappa shape index (κ1) is 16.0. The molecule has 2 nitrogen and oxygen atoms in total. The van der Waals surface area contributed by atoms with Crippen LogP contribution in [0.4, 0.5) is 18.9 Å². The van der Waals surface area contributed by atoms with Crippen LogP contribution in [0.3, 0.4) is 0 Å². The quantitative estimate of drug-likeness (QED) is 0.692. The van der Waals surface area contributed by atoms with Gasteiger partial charge >= 0.3 is 6.18 Å². The Bertz CT molecular complexity index is 884. The van der Waals surface area contributed by atoms with Crippen LogP contribution in [-0.4, -0.2) is 17.3 Å². The fraction of sp³-hybridized carbons (Fsp3) is 0.158. The van der Waals surface area contributed by atoms with Gasteiger partial charge in [-0.15, -0.1) is 0 Å². The molecule has 0 bridgehead atoms. The lowest BCUT2D eigenvalue weighted by molar-refractivity contribution is -0.140. The minimum Gasteiger partial charge on any atom is -0.374 e. The molecule has 122 valence electrons. The molecule has 0 aliphatic carbocycles. The molecule has 0 amide bonds. The molecule has 1 N–H and O–H groups in total. The zero-order valence-electron chi connectivity index (χ0n) is 12.8. The van der Waals surface area contributed by atoms with E-state index >= 15 is 0 Å². The zero-order valence-corrected chi connectivity index (χ0v) is 12.8. The van der Waals surface area contributed by atoms with Gasteiger partial charge in [-0.3, -0.25) is 0 Å². The molecule has 0 spiro atoms. The second-order valence-corrected chi connectivity index (χ2v) is 5.31. The van der Waals surface area contributed by atoms with Crippen molar-refractivity contribution in [3.63, 3.8) is 0 Å². The fourth-order valence-corrected chi connectivity index (χ4v) is 2.50. The van der Waals surface area contributed by atoms with E-state index in [0.717, 1.165) is 11.1 Å². The lowest BCUT2D eigenvalue weighted by Gasteiger charge is -2.10. The molecule has 0 fully saturated rings. The van der Waals surface area contributed by atoms with Crippen molar-refractivity contribution in [2.24, 2.45) is 0 Å². The Balaban J connectivity index is 1.84. The number of hydrogen-bond acceptors (Lipinski definition) is 1. The first-order valence-corrected chi connectivity index (χ1v) is 7.46. The van der Waals surface area contributed by atoms with Crippen LogP contribution in [0.15, 0.2) is 60.7 Å². The number of rotatable bonds is 3. The van der Waals surface area contributed by atoms with Gasteiger partial charge in [0.15, 0.2) is 0 Å². The molecule has 0 saturated heterocycles. The van der Waals surface area contributed by atoms with E-state index in [-0.39, 0.29) is 0 Å². The lowest BCUT2D eigenvalue weighted by Crippen LogP contribution is -2.18. The first-order chi connectivity index (χ1) is 11.5. The SMILES string of the molecule is FC(F)(F)Cn1c(C#CCNc2ccccc2)cc2ccccc21. The largest absolute Gasteiger partial charge is 0.406 e. The highest BCUT2D eigenvalue weighted by atomic mass is 19.4. The van der Waals surface area contributed by atoms with Crippen LogP contribution in [0.25, 0.3) is 10.9 Å². The summed E-state index contributed by atoms with van der Waals surface area (Å²) in [5.41, 5.74) is 1.82. The van der Waals surface area contributed by atoms with E-state index in [2.05, 4.69) is 17.2 Å². The third-order valence-electron chi connectivity index (χ3n) is 3.52. The van der Waals surface area contributed by atoms with E-state index in [1.165, 1.54) is 4.57 Å². The van der Waals surface area contributed by atoms with Crippen molar-refractivity contribution in [3.05, 3.63) is 66.4 Å². The van der Waals surface area contributed by atoms with Gasteiger partial charge < -0.3 is 9.88 Å². The van der Waals surface area contributed by atoms with Crippen LogP contribution in [0.1, 0.15) is 5.69 Å². The van der Waals surface area contributed by atoms with Gasteiger partial charge in [-0.05, 0) is 30.2 Å². The van der Waals surface area contributed by atoms with Crippen molar-refractivity contribution >= 4 is 16.6 Å². The number of alkyl halides is 3. The first-order valence-electron chi connectivity index (χ1n) is 7.46. The Labute approximate surface area is 137 Å². The minimum absolute atomic E-state index is 0.359. The number of nitrogens with one attached hydrogen (secondary N) is 1. The second kappa shape index (κ2) is 6.71. The third-order valence-corrected chi connectivity index (χ3v) is 3.52. The molecule has 1 aromatic heterocycles. The van der Waals surface area contributed by atoms with Crippen molar-refractivity contribution in [3.8, 4) is 11.8 Å². The molecule has 0 aliphatic rings. The second-order valence-electron chi connectivity index (χ2n) is 5.31. The maximum absolute atomic E-state index is 12.9. The van der Waals surface area contributed by atoms with Crippen LogP contribution in [0.2, 0.25) is 0 Å². The number of halogens is 3. The monoisotopic (exact) mass is 328 g/mol. The van der Waals surface area contributed by atoms with Gasteiger partial charge in [0.05, 0.1) is 12.2 Å². The number of fused-ring (bicyclic) bond motifs is 1. The minimum atomic E-state index is -4.29. The van der Waals surface area contributed by atoms with Crippen LogP contribution < -0.4 is 5.32 Å². The third kappa shape index (κ3) is 3.90. The Morgan fingerprint density at radius 1 is 0.958 bits per heavy atom. The predicted molar refractivity (Wildman–Crippen MR) is 89.8 cm³/mol. The van der Waals surface area contributed by atoms with E-state index in [4.69, 9.17) is 0 Å². The van der Waals surface area contributed by atoms with Crippen molar-refractivity contribution in [2.75, 3.05) is 11.9 Å². The number of anilines is 1.